The predicted octanol–water partition coefficient (Wildman–Crippen LogP) is 3.50. The summed E-state index contributed by atoms with van der Waals surface area (Å²) < 4.78 is 7.13. The van der Waals surface area contributed by atoms with E-state index in [1.54, 1.807) is 7.11 Å². The SMILES string of the molecule is C=CCNCc1cc(Br)c(OC)c(Br)c1. The molecular formula is C11H13Br2NO. The molecule has 0 saturated heterocycles. The fourth-order valence-electron chi connectivity index (χ4n) is 1.23. The molecule has 0 amide bonds. The van der Waals surface area contributed by atoms with Gasteiger partial charge in [0.2, 0.25) is 0 Å². The molecule has 0 spiro atoms. The van der Waals surface area contributed by atoms with Gasteiger partial charge < -0.3 is 10.1 Å². The van der Waals surface area contributed by atoms with E-state index in [9.17, 15) is 0 Å². The summed E-state index contributed by atoms with van der Waals surface area (Å²) >= 11 is 6.93. The molecule has 0 radical (unpaired) electrons. The average molecular weight is 335 g/mol. The van der Waals surface area contributed by atoms with Crippen molar-refractivity contribution < 1.29 is 4.74 Å². The summed E-state index contributed by atoms with van der Waals surface area (Å²) in [6.45, 7) is 5.27. The third-order valence-corrected chi connectivity index (χ3v) is 3.06. The highest BCUT2D eigenvalue weighted by molar-refractivity contribution is 9.11. The van der Waals surface area contributed by atoms with Gasteiger partial charge in [0.15, 0.2) is 0 Å². The summed E-state index contributed by atoms with van der Waals surface area (Å²) in [6, 6.07) is 4.08. The van der Waals surface area contributed by atoms with Crippen LogP contribution in [0.15, 0.2) is 33.7 Å². The van der Waals surface area contributed by atoms with Crippen molar-refractivity contribution in [3.05, 3.63) is 39.3 Å². The minimum absolute atomic E-state index is 0.807. The lowest BCUT2D eigenvalue weighted by Crippen LogP contribution is -2.12. The summed E-state index contributed by atoms with van der Waals surface area (Å²) in [6.07, 6.45) is 1.84. The maximum absolute atomic E-state index is 5.23. The maximum atomic E-state index is 5.23. The normalized spacial score (nSPS) is 10.1. The monoisotopic (exact) mass is 333 g/mol. The van der Waals surface area contributed by atoms with E-state index in [0.717, 1.165) is 27.8 Å². The van der Waals surface area contributed by atoms with E-state index in [-0.39, 0.29) is 0 Å². The van der Waals surface area contributed by atoms with E-state index >= 15 is 0 Å². The quantitative estimate of drug-likeness (QED) is 0.657. The van der Waals surface area contributed by atoms with Crippen LogP contribution in [-0.2, 0) is 6.54 Å². The Morgan fingerprint density at radius 2 is 2.00 bits per heavy atom. The summed E-state index contributed by atoms with van der Waals surface area (Å²) in [7, 11) is 1.65. The Morgan fingerprint density at radius 3 is 2.47 bits per heavy atom. The first-order valence-electron chi connectivity index (χ1n) is 4.52. The van der Waals surface area contributed by atoms with Gasteiger partial charge in [0.05, 0.1) is 16.1 Å². The number of hydrogen-bond donors (Lipinski definition) is 1. The summed E-state index contributed by atoms with van der Waals surface area (Å²) in [5, 5.41) is 3.24. The van der Waals surface area contributed by atoms with Crippen LogP contribution >= 0.6 is 31.9 Å². The first-order valence-corrected chi connectivity index (χ1v) is 6.11. The highest BCUT2D eigenvalue weighted by Crippen LogP contribution is 2.34. The smallest absolute Gasteiger partial charge is 0.147 e. The molecule has 0 unspecified atom stereocenters. The fourth-order valence-corrected chi connectivity index (χ4v) is 2.83. The van der Waals surface area contributed by atoms with Gasteiger partial charge in [0.25, 0.3) is 0 Å². The van der Waals surface area contributed by atoms with Crippen molar-refractivity contribution in [1.82, 2.24) is 5.32 Å². The molecule has 0 aliphatic rings. The summed E-state index contributed by atoms with van der Waals surface area (Å²) in [5.74, 6) is 0.822. The van der Waals surface area contributed by atoms with Crippen LogP contribution in [0.1, 0.15) is 5.56 Å². The standard InChI is InChI=1S/C11H13Br2NO/c1-3-4-14-7-8-5-9(12)11(15-2)10(13)6-8/h3,5-6,14H,1,4,7H2,2H3. The molecule has 0 saturated carbocycles. The molecule has 0 heterocycles. The van der Waals surface area contributed by atoms with Crippen LogP contribution in [-0.4, -0.2) is 13.7 Å². The molecule has 0 aliphatic carbocycles. The van der Waals surface area contributed by atoms with Crippen LogP contribution < -0.4 is 10.1 Å². The van der Waals surface area contributed by atoms with E-state index in [1.165, 1.54) is 5.56 Å². The molecule has 0 aromatic heterocycles. The van der Waals surface area contributed by atoms with Crippen molar-refractivity contribution in [2.45, 2.75) is 6.54 Å². The first kappa shape index (κ1) is 12.7. The van der Waals surface area contributed by atoms with E-state index < -0.39 is 0 Å². The lowest BCUT2D eigenvalue weighted by atomic mass is 10.2. The Balaban J connectivity index is 2.79. The second-order valence-electron chi connectivity index (χ2n) is 3.01. The van der Waals surface area contributed by atoms with Gasteiger partial charge in [0, 0.05) is 13.1 Å². The van der Waals surface area contributed by atoms with Gasteiger partial charge in [-0.05, 0) is 49.6 Å². The van der Waals surface area contributed by atoms with Crippen LogP contribution in [0.3, 0.4) is 0 Å². The van der Waals surface area contributed by atoms with E-state index in [4.69, 9.17) is 4.74 Å². The van der Waals surface area contributed by atoms with Crippen molar-refractivity contribution in [2.75, 3.05) is 13.7 Å². The fraction of sp³-hybridized carbons (Fsp3) is 0.273. The molecule has 1 aromatic carbocycles. The molecule has 1 aromatic rings. The largest absolute Gasteiger partial charge is 0.494 e. The van der Waals surface area contributed by atoms with Crippen LogP contribution in [0.4, 0.5) is 0 Å². The number of ether oxygens (including phenoxy) is 1. The van der Waals surface area contributed by atoms with E-state index in [0.29, 0.717) is 0 Å². The second kappa shape index (κ2) is 6.30. The zero-order valence-corrected chi connectivity index (χ0v) is 11.7. The molecule has 0 atom stereocenters. The first-order chi connectivity index (χ1) is 7.19. The molecule has 1 N–H and O–H groups in total. The summed E-state index contributed by atoms with van der Waals surface area (Å²) in [4.78, 5) is 0. The van der Waals surface area contributed by atoms with Gasteiger partial charge in [-0.2, -0.15) is 0 Å². The van der Waals surface area contributed by atoms with E-state index in [1.807, 2.05) is 18.2 Å². The Hall–Kier alpha value is -0.320. The zero-order chi connectivity index (χ0) is 11.3. The Labute approximate surface area is 107 Å². The Kier molecular flexibility index (Phi) is 5.36. The van der Waals surface area contributed by atoms with Gasteiger partial charge in [-0.1, -0.05) is 6.08 Å². The Bertz CT molecular complexity index is 329. The minimum Gasteiger partial charge on any atom is -0.494 e. The van der Waals surface area contributed by atoms with Gasteiger partial charge in [-0.25, -0.2) is 0 Å². The van der Waals surface area contributed by atoms with Crippen LogP contribution in [0.5, 0.6) is 5.75 Å². The lowest BCUT2D eigenvalue weighted by Gasteiger charge is -2.09. The maximum Gasteiger partial charge on any atom is 0.147 e. The third-order valence-electron chi connectivity index (χ3n) is 1.88. The lowest BCUT2D eigenvalue weighted by molar-refractivity contribution is 0.409. The van der Waals surface area contributed by atoms with Crippen LogP contribution in [0, 0.1) is 0 Å². The number of nitrogens with one attached hydrogen (secondary N) is 1. The molecular weight excluding hydrogens is 322 g/mol. The van der Waals surface area contributed by atoms with Crippen LogP contribution in [0.2, 0.25) is 0 Å². The molecule has 0 fully saturated rings. The third kappa shape index (κ3) is 3.63. The molecule has 2 nitrogen and oxygen atoms in total. The second-order valence-corrected chi connectivity index (χ2v) is 4.72. The number of hydrogen-bond acceptors (Lipinski definition) is 2. The molecule has 1 rings (SSSR count). The Morgan fingerprint density at radius 1 is 1.40 bits per heavy atom. The highest BCUT2D eigenvalue weighted by atomic mass is 79.9. The molecule has 82 valence electrons. The number of benzene rings is 1. The van der Waals surface area contributed by atoms with E-state index in [2.05, 4.69) is 43.8 Å². The van der Waals surface area contributed by atoms with Gasteiger partial charge in [0.1, 0.15) is 5.75 Å². The van der Waals surface area contributed by atoms with Gasteiger partial charge in [-0.3, -0.25) is 0 Å². The van der Waals surface area contributed by atoms with Crippen molar-refractivity contribution in [3.8, 4) is 5.75 Å². The van der Waals surface area contributed by atoms with Crippen molar-refractivity contribution in [3.63, 3.8) is 0 Å². The molecule has 15 heavy (non-hydrogen) atoms. The molecule has 4 heteroatoms. The van der Waals surface area contributed by atoms with Crippen LogP contribution in [0.25, 0.3) is 0 Å². The molecule has 0 aliphatic heterocycles. The average Bonchev–Trinajstić information content (AvgIpc) is 2.18. The van der Waals surface area contributed by atoms with Crippen molar-refractivity contribution in [1.29, 1.82) is 0 Å². The minimum atomic E-state index is 0.807. The number of halogens is 2. The van der Waals surface area contributed by atoms with Crippen molar-refractivity contribution >= 4 is 31.9 Å². The predicted molar refractivity (Wildman–Crippen MR) is 70.3 cm³/mol. The van der Waals surface area contributed by atoms with Gasteiger partial charge in [-0.15, -0.1) is 6.58 Å². The summed E-state index contributed by atoms with van der Waals surface area (Å²) in [5.41, 5.74) is 1.19. The van der Waals surface area contributed by atoms with Gasteiger partial charge >= 0.3 is 0 Å². The highest BCUT2D eigenvalue weighted by Gasteiger charge is 2.07. The number of methoxy groups -OCH3 is 1. The zero-order valence-electron chi connectivity index (χ0n) is 8.52. The topological polar surface area (TPSA) is 21.3 Å². The van der Waals surface area contributed by atoms with Crippen molar-refractivity contribution in [2.24, 2.45) is 0 Å². The molecule has 0 bridgehead atoms. The number of rotatable bonds is 5.